The molecule has 0 saturated carbocycles. The summed E-state index contributed by atoms with van der Waals surface area (Å²) in [5.74, 6) is 0.864. The Morgan fingerprint density at radius 3 is 2.50 bits per heavy atom. The summed E-state index contributed by atoms with van der Waals surface area (Å²) in [6.07, 6.45) is 3.02. The molecule has 0 radical (unpaired) electrons. The Bertz CT molecular complexity index is 782. The van der Waals surface area contributed by atoms with Crippen molar-refractivity contribution in [1.82, 2.24) is 9.80 Å². The standard InChI is InChI=1S/C22H30N4O2/c1-4-25(5-2)18-9-7-16(8-10-18)13-20-21(27)26(6-3)22(28-20)23-19-15-24-12-11-17(19)14-24/h7-10,13,17,19H,4-6,11-12,14-15H2,1-3H3. The van der Waals surface area contributed by atoms with Crippen molar-refractivity contribution in [2.24, 2.45) is 10.9 Å². The zero-order chi connectivity index (χ0) is 19.7. The number of carbonyl (C=O) groups excluding carboxylic acids is 1. The highest BCUT2D eigenvalue weighted by atomic mass is 16.5. The van der Waals surface area contributed by atoms with E-state index < -0.39 is 0 Å². The summed E-state index contributed by atoms with van der Waals surface area (Å²) in [7, 11) is 0. The van der Waals surface area contributed by atoms with Gasteiger partial charge in [-0.15, -0.1) is 0 Å². The van der Waals surface area contributed by atoms with Crippen LogP contribution in [-0.4, -0.2) is 67.0 Å². The minimum absolute atomic E-state index is 0.0995. The van der Waals surface area contributed by atoms with E-state index in [4.69, 9.17) is 9.73 Å². The molecule has 150 valence electrons. The minimum Gasteiger partial charge on any atom is -0.420 e. The Kier molecular flexibility index (Phi) is 5.40. The van der Waals surface area contributed by atoms with Gasteiger partial charge in [0.25, 0.3) is 5.91 Å². The number of fused-ring (bicyclic) bond motifs is 2. The van der Waals surface area contributed by atoms with Crippen LogP contribution in [0, 0.1) is 5.92 Å². The molecule has 3 saturated heterocycles. The summed E-state index contributed by atoms with van der Waals surface area (Å²) in [5.41, 5.74) is 2.15. The van der Waals surface area contributed by atoms with Crippen molar-refractivity contribution in [3.05, 3.63) is 35.6 Å². The summed E-state index contributed by atoms with van der Waals surface area (Å²) in [6, 6.07) is 8.97. The van der Waals surface area contributed by atoms with Crippen molar-refractivity contribution in [2.75, 3.05) is 44.2 Å². The molecule has 3 unspecified atom stereocenters. The molecule has 3 aliphatic rings. The third-order valence-corrected chi connectivity index (χ3v) is 6.10. The Morgan fingerprint density at radius 2 is 1.93 bits per heavy atom. The lowest BCUT2D eigenvalue weighted by molar-refractivity contribution is -0.122. The van der Waals surface area contributed by atoms with Crippen LogP contribution in [-0.2, 0) is 9.53 Å². The fourth-order valence-electron chi connectivity index (χ4n) is 4.45. The van der Waals surface area contributed by atoms with Crippen LogP contribution < -0.4 is 4.90 Å². The van der Waals surface area contributed by atoms with Gasteiger partial charge in [-0.2, -0.15) is 0 Å². The molecule has 6 heteroatoms. The number of benzene rings is 1. The van der Waals surface area contributed by atoms with Gasteiger partial charge in [0.2, 0.25) is 0 Å². The lowest BCUT2D eigenvalue weighted by Crippen LogP contribution is -2.33. The average molecular weight is 383 g/mol. The Balaban J connectivity index is 1.52. The van der Waals surface area contributed by atoms with Crippen molar-refractivity contribution in [1.29, 1.82) is 0 Å². The molecule has 6 nitrogen and oxygen atoms in total. The van der Waals surface area contributed by atoms with Crippen molar-refractivity contribution < 1.29 is 9.53 Å². The maximum Gasteiger partial charge on any atom is 0.300 e. The molecule has 1 aromatic carbocycles. The van der Waals surface area contributed by atoms with E-state index in [1.807, 2.05) is 25.1 Å². The summed E-state index contributed by atoms with van der Waals surface area (Å²) in [5, 5.41) is 0. The van der Waals surface area contributed by atoms with Crippen molar-refractivity contribution in [3.8, 4) is 0 Å². The number of piperidine rings is 1. The largest absolute Gasteiger partial charge is 0.420 e. The van der Waals surface area contributed by atoms with Crippen LogP contribution >= 0.6 is 0 Å². The zero-order valence-corrected chi connectivity index (χ0v) is 17.1. The van der Waals surface area contributed by atoms with Crippen LogP contribution in [0.1, 0.15) is 32.8 Å². The molecule has 3 heterocycles. The van der Waals surface area contributed by atoms with Gasteiger partial charge >= 0.3 is 6.02 Å². The lowest BCUT2D eigenvalue weighted by atomic mass is 10.0. The lowest BCUT2D eigenvalue weighted by Gasteiger charge is -2.20. The van der Waals surface area contributed by atoms with Gasteiger partial charge in [-0.05, 0) is 63.4 Å². The fourth-order valence-corrected chi connectivity index (χ4v) is 4.45. The molecular weight excluding hydrogens is 352 g/mol. The quantitative estimate of drug-likeness (QED) is 0.710. The third-order valence-electron chi connectivity index (χ3n) is 6.10. The van der Waals surface area contributed by atoms with E-state index in [0.29, 0.717) is 24.2 Å². The number of carbonyl (C=O) groups is 1. The monoisotopic (exact) mass is 382 g/mol. The summed E-state index contributed by atoms with van der Waals surface area (Å²) in [6.45, 7) is 12.1. The number of amides is 1. The van der Waals surface area contributed by atoms with Crippen LogP contribution in [0.15, 0.2) is 35.0 Å². The molecule has 0 N–H and O–H groups in total. The second kappa shape index (κ2) is 7.95. The topological polar surface area (TPSA) is 48.4 Å². The first-order valence-corrected chi connectivity index (χ1v) is 10.5. The number of hydrogen-bond donors (Lipinski definition) is 0. The molecule has 3 fully saturated rings. The van der Waals surface area contributed by atoms with E-state index >= 15 is 0 Å². The van der Waals surface area contributed by atoms with Gasteiger partial charge in [0.05, 0.1) is 6.04 Å². The first kappa shape index (κ1) is 19.0. The summed E-state index contributed by atoms with van der Waals surface area (Å²) >= 11 is 0. The Labute approximate surface area is 167 Å². The number of amidine groups is 1. The maximum absolute atomic E-state index is 12.8. The minimum atomic E-state index is -0.0995. The molecule has 2 bridgehead atoms. The number of ether oxygens (including phenoxy) is 1. The molecule has 0 aliphatic carbocycles. The van der Waals surface area contributed by atoms with Gasteiger partial charge in [0, 0.05) is 38.4 Å². The average Bonchev–Trinajstić information content (AvgIpc) is 3.40. The van der Waals surface area contributed by atoms with Crippen LogP contribution in [0.5, 0.6) is 0 Å². The third kappa shape index (κ3) is 3.53. The van der Waals surface area contributed by atoms with Crippen molar-refractivity contribution in [2.45, 2.75) is 33.2 Å². The molecule has 0 aromatic heterocycles. The van der Waals surface area contributed by atoms with Gasteiger partial charge in [-0.3, -0.25) is 9.69 Å². The number of aliphatic imine (C=N–C) groups is 1. The molecule has 0 spiro atoms. The first-order chi connectivity index (χ1) is 13.6. The van der Waals surface area contributed by atoms with E-state index in [2.05, 4.69) is 35.8 Å². The fraction of sp³-hybridized carbons (Fsp3) is 0.545. The second-order valence-electron chi connectivity index (χ2n) is 7.71. The molecular formula is C22H30N4O2. The van der Waals surface area contributed by atoms with Crippen LogP contribution in [0.25, 0.3) is 6.08 Å². The number of rotatable bonds is 6. The molecule has 4 rings (SSSR count). The van der Waals surface area contributed by atoms with Crippen LogP contribution in [0.2, 0.25) is 0 Å². The number of nitrogens with zero attached hydrogens (tertiary/aromatic N) is 4. The normalized spacial score (nSPS) is 29.2. The molecule has 3 atom stereocenters. The second-order valence-corrected chi connectivity index (χ2v) is 7.71. The van der Waals surface area contributed by atoms with Gasteiger partial charge in [0.1, 0.15) is 0 Å². The predicted molar refractivity (Wildman–Crippen MR) is 112 cm³/mol. The smallest absolute Gasteiger partial charge is 0.300 e. The van der Waals surface area contributed by atoms with E-state index in [-0.39, 0.29) is 11.9 Å². The number of likely N-dealkylation sites (N-methyl/N-ethyl adjacent to an activating group) is 1. The molecule has 1 amide bonds. The van der Waals surface area contributed by atoms with E-state index in [9.17, 15) is 4.79 Å². The maximum atomic E-state index is 12.8. The SMILES string of the molecule is CCN1C(=O)C(=Cc2ccc(N(CC)CC)cc2)OC1=NC1CN2CCC1C2. The highest BCUT2D eigenvalue weighted by molar-refractivity contribution is 6.11. The highest BCUT2D eigenvalue weighted by Gasteiger charge is 2.40. The Hall–Kier alpha value is -2.34. The van der Waals surface area contributed by atoms with Crippen LogP contribution in [0.3, 0.4) is 0 Å². The van der Waals surface area contributed by atoms with Crippen molar-refractivity contribution in [3.63, 3.8) is 0 Å². The Morgan fingerprint density at radius 1 is 1.18 bits per heavy atom. The summed E-state index contributed by atoms with van der Waals surface area (Å²) < 4.78 is 5.93. The number of anilines is 1. The van der Waals surface area contributed by atoms with Crippen LogP contribution in [0.4, 0.5) is 5.69 Å². The van der Waals surface area contributed by atoms with E-state index in [0.717, 1.165) is 31.7 Å². The summed E-state index contributed by atoms with van der Waals surface area (Å²) in [4.78, 5) is 24.0. The first-order valence-electron chi connectivity index (χ1n) is 10.5. The highest BCUT2D eigenvalue weighted by Crippen LogP contribution is 2.31. The molecule has 3 aliphatic heterocycles. The number of hydrogen-bond acceptors (Lipinski definition) is 5. The van der Waals surface area contributed by atoms with Gasteiger partial charge < -0.3 is 14.5 Å². The van der Waals surface area contributed by atoms with Gasteiger partial charge in [-0.1, -0.05) is 12.1 Å². The van der Waals surface area contributed by atoms with E-state index in [1.165, 1.54) is 18.7 Å². The van der Waals surface area contributed by atoms with Gasteiger partial charge in [0.15, 0.2) is 5.76 Å². The predicted octanol–water partition coefficient (Wildman–Crippen LogP) is 2.81. The van der Waals surface area contributed by atoms with Crippen molar-refractivity contribution >= 4 is 23.7 Å². The van der Waals surface area contributed by atoms with Gasteiger partial charge in [-0.25, -0.2) is 4.99 Å². The molecule has 28 heavy (non-hydrogen) atoms. The molecule has 1 aromatic rings. The zero-order valence-electron chi connectivity index (χ0n) is 17.1. The van der Waals surface area contributed by atoms with E-state index in [1.54, 1.807) is 4.90 Å².